The Balaban J connectivity index is 1.52. The Hall–Kier alpha value is -4.51. The van der Waals surface area contributed by atoms with Crippen molar-refractivity contribution in [3.8, 4) is 11.1 Å². The SMILES string of the molecule is Cc1ncc(-c2cnc3[nH]cc(C(=O)c4cccc(NS(=O)(=O)c5ccccc5F)c4F)c3c2)cn1. The number of fused-ring (bicyclic) bond motifs is 1. The van der Waals surface area contributed by atoms with Gasteiger partial charge in [0.05, 0.1) is 11.3 Å². The number of pyridine rings is 1. The van der Waals surface area contributed by atoms with Crippen LogP contribution in [0.15, 0.2) is 78.2 Å². The van der Waals surface area contributed by atoms with Crippen LogP contribution in [-0.4, -0.2) is 34.1 Å². The van der Waals surface area contributed by atoms with Crippen LogP contribution in [0, 0.1) is 18.6 Å². The summed E-state index contributed by atoms with van der Waals surface area (Å²) in [5, 5.41) is 0.440. The number of carbonyl (C=O) groups is 1. The highest BCUT2D eigenvalue weighted by atomic mass is 32.2. The smallest absolute Gasteiger partial charge is 0.264 e. The van der Waals surface area contributed by atoms with Gasteiger partial charge in [0.1, 0.15) is 22.2 Å². The number of nitrogens with one attached hydrogen (secondary N) is 2. The van der Waals surface area contributed by atoms with Gasteiger partial charge < -0.3 is 4.98 Å². The minimum Gasteiger partial charge on any atom is -0.345 e. The number of aromatic nitrogens is 4. The van der Waals surface area contributed by atoms with Gasteiger partial charge in [-0.3, -0.25) is 9.52 Å². The van der Waals surface area contributed by atoms with Crippen LogP contribution in [0.1, 0.15) is 21.7 Å². The number of carbonyl (C=O) groups excluding carboxylic acids is 1. The number of aryl methyl sites for hydroxylation is 1. The van der Waals surface area contributed by atoms with Crippen molar-refractivity contribution >= 4 is 32.5 Å². The third-order valence-corrected chi connectivity index (χ3v) is 6.90. The van der Waals surface area contributed by atoms with E-state index in [0.29, 0.717) is 28.0 Å². The molecule has 3 aromatic heterocycles. The van der Waals surface area contributed by atoms with E-state index in [4.69, 9.17) is 0 Å². The van der Waals surface area contributed by atoms with Crippen LogP contribution in [0.3, 0.4) is 0 Å². The molecule has 0 fully saturated rings. The molecule has 0 aliphatic heterocycles. The first-order valence-corrected chi connectivity index (χ1v) is 12.1. The highest BCUT2D eigenvalue weighted by molar-refractivity contribution is 7.92. The molecule has 5 rings (SSSR count). The van der Waals surface area contributed by atoms with Crippen LogP contribution in [0.4, 0.5) is 14.5 Å². The Kier molecular flexibility index (Phi) is 5.77. The predicted molar refractivity (Wildman–Crippen MR) is 129 cm³/mol. The Morgan fingerprint density at radius 2 is 1.64 bits per heavy atom. The quantitative estimate of drug-likeness (QED) is 0.325. The molecule has 3 heterocycles. The second-order valence-electron chi connectivity index (χ2n) is 7.87. The number of benzene rings is 2. The lowest BCUT2D eigenvalue weighted by molar-refractivity contribution is 0.103. The second kappa shape index (κ2) is 8.93. The molecule has 0 saturated heterocycles. The van der Waals surface area contributed by atoms with Crippen LogP contribution in [0.25, 0.3) is 22.2 Å². The van der Waals surface area contributed by atoms with Gasteiger partial charge in [-0.2, -0.15) is 0 Å². The molecule has 0 atom stereocenters. The molecule has 5 aromatic rings. The summed E-state index contributed by atoms with van der Waals surface area (Å²) in [5.74, 6) is -2.16. The van der Waals surface area contributed by atoms with E-state index in [9.17, 15) is 17.6 Å². The van der Waals surface area contributed by atoms with Gasteiger partial charge in [-0.15, -0.1) is 0 Å². The van der Waals surface area contributed by atoms with Crippen molar-refractivity contribution in [1.82, 2.24) is 19.9 Å². The Morgan fingerprint density at radius 1 is 0.917 bits per heavy atom. The van der Waals surface area contributed by atoms with Gasteiger partial charge in [-0.05, 0) is 37.3 Å². The highest BCUT2D eigenvalue weighted by Crippen LogP contribution is 2.28. The Bertz CT molecular complexity index is 1730. The van der Waals surface area contributed by atoms with Crippen LogP contribution in [0.2, 0.25) is 0 Å². The fraction of sp³-hybridized carbons (Fsp3) is 0.0400. The number of halogens is 2. The molecule has 180 valence electrons. The predicted octanol–water partition coefficient (Wildman–Crippen LogP) is 4.64. The molecule has 2 aromatic carbocycles. The molecule has 0 unspecified atom stereocenters. The summed E-state index contributed by atoms with van der Waals surface area (Å²) in [4.78, 5) is 28.2. The van der Waals surface area contributed by atoms with Crippen LogP contribution >= 0.6 is 0 Å². The first-order valence-electron chi connectivity index (χ1n) is 10.6. The molecule has 0 aliphatic carbocycles. The third-order valence-electron chi connectivity index (χ3n) is 5.50. The zero-order chi connectivity index (χ0) is 25.4. The lowest BCUT2D eigenvalue weighted by atomic mass is 10.0. The lowest BCUT2D eigenvalue weighted by Crippen LogP contribution is -2.16. The van der Waals surface area contributed by atoms with Crippen LogP contribution in [0.5, 0.6) is 0 Å². The molecule has 0 saturated carbocycles. The average molecular weight is 506 g/mol. The van der Waals surface area contributed by atoms with Gasteiger partial charge in [-0.25, -0.2) is 32.2 Å². The number of hydrogen-bond donors (Lipinski definition) is 2. The highest BCUT2D eigenvalue weighted by Gasteiger charge is 2.24. The Labute approximate surface area is 204 Å². The van der Waals surface area contributed by atoms with E-state index in [1.165, 1.54) is 30.5 Å². The number of H-pyrrole nitrogens is 1. The fourth-order valence-electron chi connectivity index (χ4n) is 3.68. The van der Waals surface area contributed by atoms with Gasteiger partial charge in [0.25, 0.3) is 10.0 Å². The first kappa shape index (κ1) is 23.2. The lowest BCUT2D eigenvalue weighted by Gasteiger charge is -2.11. The topological polar surface area (TPSA) is 118 Å². The molecule has 0 bridgehead atoms. The van der Waals surface area contributed by atoms with Crippen LogP contribution in [-0.2, 0) is 10.0 Å². The van der Waals surface area contributed by atoms with Crippen molar-refractivity contribution < 1.29 is 22.0 Å². The van der Waals surface area contributed by atoms with Crippen molar-refractivity contribution in [1.29, 1.82) is 0 Å². The van der Waals surface area contributed by atoms with E-state index in [0.717, 1.165) is 18.2 Å². The number of nitrogens with zero attached hydrogens (tertiary/aromatic N) is 3. The molecule has 0 spiro atoms. The standard InChI is InChI=1S/C25H17F2N5O3S/c1-14-28-11-16(12-29-14)15-9-18-19(13-31-25(18)30-10-15)24(33)17-5-4-7-21(23(17)27)32-36(34,35)22-8-3-2-6-20(22)26/h2-13,32H,1H3,(H,30,31). The largest absolute Gasteiger partial charge is 0.345 e. The summed E-state index contributed by atoms with van der Waals surface area (Å²) in [7, 11) is -4.44. The number of sulfonamides is 1. The van der Waals surface area contributed by atoms with Gasteiger partial charge in [0.15, 0.2) is 11.6 Å². The maximum absolute atomic E-state index is 15.4. The number of anilines is 1. The number of ketones is 1. The molecule has 11 heteroatoms. The number of aromatic amines is 1. The first-order chi connectivity index (χ1) is 17.2. The van der Waals surface area contributed by atoms with Gasteiger partial charge in [0, 0.05) is 46.9 Å². The average Bonchev–Trinajstić information content (AvgIpc) is 3.29. The van der Waals surface area contributed by atoms with Crippen molar-refractivity contribution in [2.24, 2.45) is 0 Å². The normalized spacial score (nSPS) is 11.5. The van der Waals surface area contributed by atoms with Crippen molar-refractivity contribution in [3.63, 3.8) is 0 Å². The summed E-state index contributed by atoms with van der Waals surface area (Å²) in [6.45, 7) is 1.76. The Morgan fingerprint density at radius 3 is 2.39 bits per heavy atom. The molecule has 8 nitrogen and oxygen atoms in total. The van der Waals surface area contributed by atoms with E-state index in [1.54, 1.807) is 31.6 Å². The van der Waals surface area contributed by atoms with Crippen molar-refractivity contribution in [2.75, 3.05) is 4.72 Å². The molecule has 2 N–H and O–H groups in total. The zero-order valence-corrected chi connectivity index (χ0v) is 19.5. The summed E-state index contributed by atoms with van der Waals surface area (Å²) in [6.07, 6.45) is 6.26. The molecule has 0 radical (unpaired) electrons. The maximum atomic E-state index is 15.4. The van der Waals surface area contributed by atoms with Gasteiger partial charge in [0.2, 0.25) is 0 Å². The molecular weight excluding hydrogens is 488 g/mol. The van der Waals surface area contributed by atoms with Crippen LogP contribution < -0.4 is 4.72 Å². The zero-order valence-electron chi connectivity index (χ0n) is 18.7. The maximum Gasteiger partial charge on any atom is 0.264 e. The summed E-state index contributed by atoms with van der Waals surface area (Å²) >= 11 is 0. The number of hydrogen-bond acceptors (Lipinski definition) is 6. The second-order valence-corrected chi connectivity index (χ2v) is 9.52. The summed E-state index contributed by atoms with van der Waals surface area (Å²) in [6, 6.07) is 10.1. The minimum atomic E-state index is -4.44. The van der Waals surface area contributed by atoms with Crippen molar-refractivity contribution in [3.05, 3.63) is 102 Å². The molecular formula is C25H17F2N5O3S. The summed E-state index contributed by atoms with van der Waals surface area (Å²) < 4.78 is 56.7. The summed E-state index contributed by atoms with van der Waals surface area (Å²) in [5.41, 5.74) is 1.04. The van der Waals surface area contributed by atoms with Gasteiger partial charge in [-0.1, -0.05) is 18.2 Å². The fourth-order valence-corrected chi connectivity index (χ4v) is 4.82. The van der Waals surface area contributed by atoms with E-state index in [-0.39, 0.29) is 11.1 Å². The van der Waals surface area contributed by atoms with Crippen molar-refractivity contribution in [2.45, 2.75) is 11.8 Å². The molecule has 0 aliphatic rings. The number of rotatable bonds is 6. The monoisotopic (exact) mass is 505 g/mol. The minimum absolute atomic E-state index is 0.139. The van der Waals surface area contributed by atoms with Gasteiger partial charge >= 0.3 is 0 Å². The van der Waals surface area contributed by atoms with E-state index >= 15 is 4.39 Å². The van der Waals surface area contributed by atoms with E-state index in [2.05, 4.69) is 19.9 Å². The van der Waals surface area contributed by atoms with E-state index < -0.39 is 38.0 Å². The third kappa shape index (κ3) is 4.20. The molecule has 36 heavy (non-hydrogen) atoms. The van der Waals surface area contributed by atoms with E-state index in [1.807, 2.05) is 4.72 Å². The molecule has 0 amide bonds.